The zero-order valence-corrected chi connectivity index (χ0v) is 14.5. The lowest BCUT2D eigenvalue weighted by Gasteiger charge is -2.09. The summed E-state index contributed by atoms with van der Waals surface area (Å²) >= 11 is 11.0. The van der Waals surface area contributed by atoms with Crippen molar-refractivity contribution in [3.8, 4) is 0 Å². The molecule has 0 aliphatic heterocycles. The van der Waals surface area contributed by atoms with Crippen LogP contribution in [0.25, 0.3) is 0 Å². The number of hydrazine groups is 1. The molecule has 1 amide bonds. The van der Waals surface area contributed by atoms with E-state index in [2.05, 4.69) is 21.3 Å². The summed E-state index contributed by atoms with van der Waals surface area (Å²) in [6.07, 6.45) is 3.24. The number of carbonyl (C=O) groups excluding carboxylic acids is 1. The number of nitrogens with one attached hydrogen (secondary N) is 3. The fraction of sp³-hybridized carbons (Fsp3) is 0.0625. The lowest BCUT2D eigenvalue weighted by molar-refractivity contribution is 0.0916. The lowest BCUT2D eigenvalue weighted by atomic mass is 10.2. The van der Waals surface area contributed by atoms with Gasteiger partial charge in [0.1, 0.15) is 0 Å². The Bertz CT molecular complexity index is 861. The number of hydrogen-bond acceptors (Lipinski definition) is 4. The van der Waals surface area contributed by atoms with Crippen LogP contribution in [0.15, 0.2) is 59.3 Å². The Morgan fingerprint density at radius 3 is 2.72 bits per heavy atom. The highest BCUT2D eigenvalue weighted by Gasteiger charge is 2.08. The van der Waals surface area contributed by atoms with Crippen LogP contribution in [0.4, 0.5) is 5.82 Å². The van der Waals surface area contributed by atoms with Crippen LogP contribution in [-0.2, 0) is 6.54 Å². The zero-order valence-electron chi connectivity index (χ0n) is 12.9. The average Bonchev–Trinajstić information content (AvgIpc) is 3.27. The van der Waals surface area contributed by atoms with Crippen LogP contribution in [0.1, 0.15) is 16.1 Å². The van der Waals surface area contributed by atoms with Crippen LogP contribution < -0.4 is 16.2 Å². The first-order valence-corrected chi connectivity index (χ1v) is 8.07. The summed E-state index contributed by atoms with van der Waals surface area (Å²) in [5, 5.41) is 8.14. The van der Waals surface area contributed by atoms with E-state index in [9.17, 15) is 4.79 Å². The first-order valence-electron chi connectivity index (χ1n) is 7.29. The molecule has 0 saturated carbocycles. The van der Waals surface area contributed by atoms with Gasteiger partial charge in [-0.05, 0) is 42.0 Å². The topological polar surface area (TPSA) is 84.1 Å². The Morgan fingerprint density at radius 1 is 1.20 bits per heavy atom. The number of carbonyl (C=O) groups is 1. The van der Waals surface area contributed by atoms with Crippen molar-refractivity contribution in [3.63, 3.8) is 0 Å². The normalized spacial score (nSPS) is 10.3. The van der Waals surface area contributed by atoms with E-state index in [1.54, 1.807) is 22.9 Å². The fourth-order valence-electron chi connectivity index (χ4n) is 2.02. The van der Waals surface area contributed by atoms with Gasteiger partial charge in [0.25, 0.3) is 0 Å². The van der Waals surface area contributed by atoms with Gasteiger partial charge in [0.15, 0.2) is 16.7 Å². The van der Waals surface area contributed by atoms with Crippen molar-refractivity contribution in [2.75, 3.05) is 5.32 Å². The summed E-state index contributed by atoms with van der Waals surface area (Å²) in [6.45, 7) is 0.605. The minimum atomic E-state index is -0.428. The SMILES string of the molecule is O=C(NNC(=S)Nc1ccn(Cc2ccc(Cl)cc2)n1)c1ccco1. The molecule has 7 nitrogen and oxygen atoms in total. The number of amides is 1. The van der Waals surface area contributed by atoms with E-state index in [1.165, 1.54) is 6.26 Å². The molecule has 3 N–H and O–H groups in total. The van der Waals surface area contributed by atoms with Gasteiger partial charge >= 0.3 is 5.91 Å². The minimum Gasteiger partial charge on any atom is -0.459 e. The second-order valence-electron chi connectivity index (χ2n) is 5.04. The average molecular weight is 376 g/mol. The van der Waals surface area contributed by atoms with E-state index in [-0.39, 0.29) is 10.9 Å². The number of nitrogens with zero attached hydrogens (tertiary/aromatic N) is 2. The highest BCUT2D eigenvalue weighted by atomic mass is 35.5. The number of rotatable bonds is 4. The molecule has 25 heavy (non-hydrogen) atoms. The molecule has 1 aromatic carbocycles. The molecule has 0 aliphatic rings. The number of anilines is 1. The number of thiocarbonyl (C=S) groups is 1. The Hall–Kier alpha value is -2.84. The molecule has 0 saturated heterocycles. The molecular weight excluding hydrogens is 362 g/mol. The standard InChI is InChI=1S/C16H14ClN5O2S/c17-12-5-3-11(4-6-12)10-22-8-7-14(21-22)18-16(25)20-19-15(23)13-2-1-9-24-13/h1-9H,10H2,(H,19,23)(H2,18,20,21,25). The quantitative estimate of drug-likeness (QED) is 0.480. The molecule has 0 spiro atoms. The molecule has 128 valence electrons. The predicted octanol–water partition coefficient (Wildman–Crippen LogP) is 2.81. The third-order valence-corrected chi connectivity index (χ3v) is 3.63. The van der Waals surface area contributed by atoms with Crippen LogP contribution in [-0.4, -0.2) is 20.8 Å². The molecule has 3 rings (SSSR count). The molecule has 2 heterocycles. The Morgan fingerprint density at radius 2 is 2.00 bits per heavy atom. The largest absolute Gasteiger partial charge is 0.459 e. The molecule has 2 aromatic heterocycles. The maximum atomic E-state index is 11.7. The van der Waals surface area contributed by atoms with Crippen LogP contribution >= 0.6 is 23.8 Å². The zero-order chi connectivity index (χ0) is 17.6. The number of benzene rings is 1. The minimum absolute atomic E-state index is 0.183. The summed E-state index contributed by atoms with van der Waals surface area (Å²) < 4.78 is 6.73. The monoisotopic (exact) mass is 375 g/mol. The summed E-state index contributed by atoms with van der Waals surface area (Å²) in [6, 6.07) is 12.5. The van der Waals surface area contributed by atoms with Gasteiger partial charge in [0.2, 0.25) is 0 Å². The van der Waals surface area contributed by atoms with Gasteiger partial charge in [-0.25, -0.2) is 0 Å². The van der Waals surface area contributed by atoms with Gasteiger partial charge in [0.05, 0.1) is 12.8 Å². The van der Waals surface area contributed by atoms with Crippen LogP contribution in [0.2, 0.25) is 5.02 Å². The molecule has 0 atom stereocenters. The van der Waals surface area contributed by atoms with E-state index >= 15 is 0 Å². The smallest absolute Gasteiger partial charge is 0.305 e. The Labute approximate surface area is 153 Å². The van der Waals surface area contributed by atoms with Crippen molar-refractivity contribution in [2.45, 2.75) is 6.54 Å². The summed E-state index contributed by atoms with van der Waals surface area (Å²) in [5.74, 6) is 0.309. The number of aromatic nitrogens is 2. The molecule has 0 bridgehead atoms. The maximum absolute atomic E-state index is 11.7. The molecular formula is C16H14ClN5O2S. The van der Waals surface area contributed by atoms with Crippen molar-refractivity contribution in [3.05, 3.63) is 71.3 Å². The summed E-state index contributed by atoms with van der Waals surface area (Å²) in [7, 11) is 0. The molecule has 9 heteroatoms. The van der Waals surface area contributed by atoms with Crippen LogP contribution in [0.3, 0.4) is 0 Å². The highest BCUT2D eigenvalue weighted by Crippen LogP contribution is 2.11. The van der Waals surface area contributed by atoms with Crippen molar-refractivity contribution in [2.24, 2.45) is 0 Å². The third kappa shape index (κ3) is 4.82. The third-order valence-electron chi connectivity index (χ3n) is 3.17. The van der Waals surface area contributed by atoms with Gasteiger partial charge in [-0.2, -0.15) is 5.10 Å². The van der Waals surface area contributed by atoms with Gasteiger partial charge in [-0.3, -0.25) is 20.3 Å². The highest BCUT2D eigenvalue weighted by molar-refractivity contribution is 7.80. The first kappa shape index (κ1) is 17.0. The number of hydrogen-bond donors (Lipinski definition) is 3. The van der Waals surface area contributed by atoms with Crippen LogP contribution in [0, 0.1) is 0 Å². The van der Waals surface area contributed by atoms with Crippen molar-refractivity contribution in [1.29, 1.82) is 0 Å². The molecule has 3 aromatic rings. The second kappa shape index (κ2) is 7.82. The van der Waals surface area contributed by atoms with E-state index < -0.39 is 5.91 Å². The van der Waals surface area contributed by atoms with Gasteiger partial charge in [-0.1, -0.05) is 23.7 Å². The van der Waals surface area contributed by atoms with Gasteiger partial charge < -0.3 is 9.73 Å². The summed E-state index contributed by atoms with van der Waals surface area (Å²) in [4.78, 5) is 11.7. The fourth-order valence-corrected chi connectivity index (χ4v) is 2.31. The predicted molar refractivity (Wildman–Crippen MR) is 98.3 cm³/mol. The van der Waals surface area contributed by atoms with Crippen molar-refractivity contribution in [1.82, 2.24) is 20.6 Å². The van der Waals surface area contributed by atoms with Crippen molar-refractivity contribution >= 4 is 40.7 Å². The maximum Gasteiger partial charge on any atom is 0.305 e. The van der Waals surface area contributed by atoms with E-state index in [0.29, 0.717) is 17.4 Å². The van der Waals surface area contributed by atoms with Crippen molar-refractivity contribution < 1.29 is 9.21 Å². The first-order chi connectivity index (χ1) is 12.1. The van der Waals surface area contributed by atoms with E-state index in [1.807, 2.05) is 30.5 Å². The van der Waals surface area contributed by atoms with E-state index in [4.69, 9.17) is 28.2 Å². The van der Waals surface area contributed by atoms with Gasteiger partial charge in [-0.15, -0.1) is 0 Å². The molecule has 0 aliphatic carbocycles. The number of halogens is 1. The van der Waals surface area contributed by atoms with Gasteiger partial charge in [0, 0.05) is 17.3 Å². The molecule has 0 unspecified atom stereocenters. The Kier molecular flexibility index (Phi) is 5.32. The lowest BCUT2D eigenvalue weighted by Crippen LogP contribution is -2.43. The van der Waals surface area contributed by atoms with E-state index in [0.717, 1.165) is 5.56 Å². The number of furan rings is 1. The Balaban J connectivity index is 1.49. The molecule has 0 fully saturated rings. The second-order valence-corrected chi connectivity index (χ2v) is 5.88. The molecule has 0 radical (unpaired) electrons. The van der Waals surface area contributed by atoms with Crippen LogP contribution in [0.5, 0.6) is 0 Å². The summed E-state index contributed by atoms with van der Waals surface area (Å²) in [5.41, 5.74) is 6.08.